The van der Waals surface area contributed by atoms with E-state index in [0.717, 1.165) is 11.8 Å². The lowest BCUT2D eigenvalue weighted by Crippen LogP contribution is -2.32. The van der Waals surface area contributed by atoms with Crippen LogP contribution in [0.15, 0.2) is 28.2 Å². The van der Waals surface area contributed by atoms with Crippen LogP contribution in [-0.4, -0.2) is 64.0 Å². The molecule has 1 amide bonds. The van der Waals surface area contributed by atoms with Crippen LogP contribution in [0.4, 0.5) is 0 Å². The van der Waals surface area contributed by atoms with Gasteiger partial charge in [-0.3, -0.25) is 14.2 Å². The number of aromatic nitrogens is 2. The molecule has 0 unspecified atom stereocenters. The van der Waals surface area contributed by atoms with Crippen molar-refractivity contribution < 1.29 is 19.4 Å². The number of esters is 1. The maximum absolute atomic E-state index is 12.9. The molecule has 1 aromatic heterocycles. The number of hydrogen-bond donors (Lipinski definition) is 1. The summed E-state index contributed by atoms with van der Waals surface area (Å²) in [7, 11) is 4.58. The molecule has 0 saturated carbocycles. The van der Waals surface area contributed by atoms with E-state index in [4.69, 9.17) is 4.74 Å². The maximum Gasteiger partial charge on any atom is 0.337 e. The number of amides is 1. The van der Waals surface area contributed by atoms with Gasteiger partial charge in [-0.25, -0.2) is 9.78 Å². The van der Waals surface area contributed by atoms with E-state index in [0.29, 0.717) is 16.1 Å². The zero-order chi connectivity index (χ0) is 20.3. The van der Waals surface area contributed by atoms with Gasteiger partial charge in [-0.05, 0) is 32.0 Å². The predicted molar refractivity (Wildman–Crippen MR) is 103 cm³/mol. The van der Waals surface area contributed by atoms with Crippen molar-refractivity contribution >= 4 is 34.5 Å². The zero-order valence-electron chi connectivity index (χ0n) is 15.9. The van der Waals surface area contributed by atoms with Crippen molar-refractivity contribution in [2.75, 3.05) is 21.2 Å². The minimum atomic E-state index is -0.768. The topological polar surface area (TPSA) is 102 Å². The molecule has 0 aliphatic carbocycles. The Morgan fingerprint density at radius 2 is 2.00 bits per heavy atom. The van der Waals surface area contributed by atoms with Gasteiger partial charge in [-0.15, -0.1) is 0 Å². The highest BCUT2D eigenvalue weighted by molar-refractivity contribution is 8.00. The van der Waals surface area contributed by atoms with Crippen LogP contribution in [0.1, 0.15) is 24.2 Å². The van der Waals surface area contributed by atoms with Gasteiger partial charge in [0.25, 0.3) is 5.56 Å². The molecule has 8 nitrogen and oxygen atoms in total. The molecule has 2 rings (SSSR count). The lowest BCUT2D eigenvalue weighted by Gasteiger charge is -2.19. The normalized spacial score (nSPS) is 13.3. The molecule has 0 spiro atoms. The Kier molecular flexibility index (Phi) is 6.61. The standard InChI is InChI=1S/C18H23N3O5S/c1-10(22)9-21-16(24)13-7-6-12(17(25)26-5)8-14(13)19-18(21)27-11(2)15(23)20(3)4/h6-8,10-11,22H,9H2,1-5H3/t10-,11+/m1/s1. The fourth-order valence-corrected chi connectivity index (χ4v) is 3.60. The predicted octanol–water partition coefficient (Wildman–Crippen LogP) is 1.13. The number of hydrogen-bond acceptors (Lipinski definition) is 7. The number of methoxy groups -OCH3 is 1. The monoisotopic (exact) mass is 393 g/mol. The molecule has 146 valence electrons. The number of aliphatic hydroxyl groups excluding tert-OH is 1. The number of rotatable bonds is 6. The minimum Gasteiger partial charge on any atom is -0.465 e. The number of thioether (sulfide) groups is 1. The zero-order valence-corrected chi connectivity index (χ0v) is 16.7. The summed E-state index contributed by atoms with van der Waals surface area (Å²) in [5, 5.41) is 9.92. The van der Waals surface area contributed by atoms with Crippen molar-refractivity contribution in [3.05, 3.63) is 34.1 Å². The molecule has 27 heavy (non-hydrogen) atoms. The van der Waals surface area contributed by atoms with Gasteiger partial charge in [-0.1, -0.05) is 11.8 Å². The summed E-state index contributed by atoms with van der Waals surface area (Å²) in [6.45, 7) is 3.34. The Hall–Kier alpha value is -2.39. The summed E-state index contributed by atoms with van der Waals surface area (Å²) in [5.74, 6) is -0.654. The van der Waals surface area contributed by atoms with Crippen molar-refractivity contribution in [1.82, 2.24) is 14.5 Å². The van der Waals surface area contributed by atoms with Crippen LogP contribution in [0, 0.1) is 0 Å². The molecule has 2 atom stereocenters. The van der Waals surface area contributed by atoms with Gasteiger partial charge < -0.3 is 14.7 Å². The molecule has 0 aliphatic heterocycles. The molecule has 9 heteroatoms. The maximum atomic E-state index is 12.9. The van der Waals surface area contributed by atoms with Crippen LogP contribution in [-0.2, 0) is 16.1 Å². The lowest BCUT2D eigenvalue weighted by molar-refractivity contribution is -0.127. The van der Waals surface area contributed by atoms with Gasteiger partial charge in [-0.2, -0.15) is 0 Å². The summed E-state index contributed by atoms with van der Waals surface area (Å²) in [6.07, 6.45) is -0.768. The van der Waals surface area contributed by atoms with E-state index in [-0.39, 0.29) is 23.6 Å². The van der Waals surface area contributed by atoms with Crippen LogP contribution in [0.5, 0.6) is 0 Å². The number of ether oxygens (including phenoxy) is 1. The highest BCUT2D eigenvalue weighted by Gasteiger charge is 2.21. The molecule has 1 aromatic carbocycles. The van der Waals surface area contributed by atoms with E-state index >= 15 is 0 Å². The second-order valence-electron chi connectivity index (χ2n) is 6.38. The van der Waals surface area contributed by atoms with E-state index in [1.165, 1.54) is 34.8 Å². The number of nitrogens with zero attached hydrogens (tertiary/aromatic N) is 3. The number of carbonyl (C=O) groups excluding carboxylic acids is 2. The van der Waals surface area contributed by atoms with Crippen molar-refractivity contribution in [3.63, 3.8) is 0 Å². The minimum absolute atomic E-state index is 0.0474. The third-order valence-corrected chi connectivity index (χ3v) is 4.94. The first-order chi connectivity index (χ1) is 12.6. The SMILES string of the molecule is COC(=O)c1ccc2c(=O)n(C[C@@H](C)O)c(S[C@@H](C)C(=O)N(C)C)nc2c1. The van der Waals surface area contributed by atoms with Gasteiger partial charge >= 0.3 is 5.97 Å². The van der Waals surface area contributed by atoms with Crippen LogP contribution in [0.3, 0.4) is 0 Å². The fourth-order valence-electron chi connectivity index (χ4n) is 2.53. The third-order valence-electron chi connectivity index (χ3n) is 3.86. The molecule has 0 radical (unpaired) electrons. The smallest absolute Gasteiger partial charge is 0.337 e. The van der Waals surface area contributed by atoms with Gasteiger partial charge in [0, 0.05) is 14.1 Å². The Bertz CT molecular complexity index is 923. The van der Waals surface area contributed by atoms with Gasteiger partial charge in [0.15, 0.2) is 5.16 Å². The number of aliphatic hydroxyl groups is 1. The van der Waals surface area contributed by atoms with Gasteiger partial charge in [0.05, 0.1) is 41.5 Å². The van der Waals surface area contributed by atoms with E-state index in [2.05, 4.69) is 4.98 Å². The molecule has 2 aromatic rings. The van der Waals surface area contributed by atoms with E-state index in [9.17, 15) is 19.5 Å². The molecular weight excluding hydrogens is 370 g/mol. The quantitative estimate of drug-likeness (QED) is 0.446. The second kappa shape index (κ2) is 8.53. The van der Waals surface area contributed by atoms with E-state index in [1.54, 1.807) is 27.9 Å². The second-order valence-corrected chi connectivity index (χ2v) is 7.68. The molecule has 0 aliphatic rings. The Morgan fingerprint density at radius 1 is 1.33 bits per heavy atom. The first-order valence-electron chi connectivity index (χ1n) is 8.34. The Balaban J connectivity index is 2.61. The van der Waals surface area contributed by atoms with Crippen LogP contribution in [0.25, 0.3) is 10.9 Å². The summed E-state index contributed by atoms with van der Waals surface area (Å²) >= 11 is 1.13. The lowest BCUT2D eigenvalue weighted by atomic mass is 10.1. The van der Waals surface area contributed by atoms with Crippen molar-refractivity contribution in [2.45, 2.75) is 36.9 Å². The largest absolute Gasteiger partial charge is 0.465 e. The molecule has 1 N–H and O–H groups in total. The highest BCUT2D eigenvalue weighted by Crippen LogP contribution is 2.24. The number of benzene rings is 1. The van der Waals surface area contributed by atoms with Crippen LogP contribution < -0.4 is 5.56 Å². The summed E-state index contributed by atoms with van der Waals surface area (Å²) in [5.41, 5.74) is 0.264. The van der Waals surface area contributed by atoms with Crippen LogP contribution >= 0.6 is 11.8 Å². The number of carbonyl (C=O) groups is 2. The summed E-state index contributed by atoms with van der Waals surface area (Å²) in [4.78, 5) is 42.8. The van der Waals surface area contributed by atoms with Crippen molar-refractivity contribution in [3.8, 4) is 0 Å². The average molecular weight is 393 g/mol. The molecule has 0 bridgehead atoms. The van der Waals surface area contributed by atoms with Crippen molar-refractivity contribution in [2.24, 2.45) is 0 Å². The average Bonchev–Trinajstić information content (AvgIpc) is 2.62. The first-order valence-corrected chi connectivity index (χ1v) is 9.22. The molecular formula is C18H23N3O5S. The van der Waals surface area contributed by atoms with Gasteiger partial charge in [0.2, 0.25) is 5.91 Å². The molecule has 1 heterocycles. The number of fused-ring (bicyclic) bond motifs is 1. The summed E-state index contributed by atoms with van der Waals surface area (Å²) in [6, 6.07) is 4.49. The van der Waals surface area contributed by atoms with E-state index < -0.39 is 17.3 Å². The fraction of sp³-hybridized carbons (Fsp3) is 0.444. The molecule has 0 fully saturated rings. The Morgan fingerprint density at radius 3 is 2.56 bits per heavy atom. The summed E-state index contributed by atoms with van der Waals surface area (Å²) < 4.78 is 6.06. The first kappa shape index (κ1) is 20.9. The molecule has 0 saturated heterocycles. The van der Waals surface area contributed by atoms with E-state index in [1.807, 2.05) is 0 Å². The highest BCUT2D eigenvalue weighted by atomic mass is 32.2. The Labute approximate surface area is 161 Å². The third kappa shape index (κ3) is 4.67. The van der Waals surface area contributed by atoms with Gasteiger partial charge in [0.1, 0.15) is 0 Å². The van der Waals surface area contributed by atoms with Crippen LogP contribution in [0.2, 0.25) is 0 Å². The van der Waals surface area contributed by atoms with Crippen molar-refractivity contribution in [1.29, 1.82) is 0 Å².